The fourth-order valence-corrected chi connectivity index (χ4v) is 2.46. The number of nitrogens with zero attached hydrogens (tertiary/aromatic N) is 3. The van der Waals surface area contributed by atoms with E-state index in [0.717, 1.165) is 0 Å². The van der Waals surface area contributed by atoms with Crippen LogP contribution in [0.15, 0.2) is 4.79 Å². The van der Waals surface area contributed by atoms with E-state index >= 15 is 0 Å². The lowest BCUT2D eigenvalue weighted by molar-refractivity contribution is 0.0925. The molecule has 8 nitrogen and oxygen atoms in total. The molecule has 0 aromatic carbocycles. The van der Waals surface area contributed by atoms with Crippen LogP contribution in [0.3, 0.4) is 0 Å². The number of hydrogen-bond donors (Lipinski definition) is 3. The summed E-state index contributed by atoms with van der Waals surface area (Å²) < 4.78 is 5.18. The van der Waals surface area contributed by atoms with E-state index in [0.29, 0.717) is 11.5 Å². The Morgan fingerprint density at radius 2 is 2.39 bits per heavy atom. The van der Waals surface area contributed by atoms with E-state index in [1.54, 1.807) is 16.8 Å². The molecular formula is C9H14IN5O3. The average molecular weight is 367 g/mol. The SMILES string of the molecule is CN1c2c(nc(N)[nH]c2=O)N(COCCO)C1I. The number of aromatic nitrogens is 2. The summed E-state index contributed by atoms with van der Waals surface area (Å²) in [6, 6.07) is 0. The van der Waals surface area contributed by atoms with E-state index in [-0.39, 0.29) is 35.6 Å². The first-order valence-electron chi connectivity index (χ1n) is 5.28. The summed E-state index contributed by atoms with van der Waals surface area (Å²) in [6.07, 6.45) is 0. The zero-order chi connectivity index (χ0) is 13.3. The van der Waals surface area contributed by atoms with Gasteiger partial charge in [-0.15, -0.1) is 0 Å². The highest BCUT2D eigenvalue weighted by molar-refractivity contribution is 14.1. The average Bonchev–Trinajstić information content (AvgIpc) is 2.54. The van der Waals surface area contributed by atoms with Gasteiger partial charge < -0.3 is 25.4 Å². The number of hydrogen-bond acceptors (Lipinski definition) is 7. The van der Waals surface area contributed by atoms with Crippen LogP contribution in [0.1, 0.15) is 0 Å². The highest BCUT2D eigenvalue weighted by Gasteiger charge is 2.35. The van der Waals surface area contributed by atoms with Crippen LogP contribution < -0.4 is 21.1 Å². The Hall–Kier alpha value is -1.07. The minimum absolute atomic E-state index is 0.0482. The minimum atomic E-state index is -0.272. The van der Waals surface area contributed by atoms with Gasteiger partial charge in [-0.05, 0) is 22.6 Å². The predicted molar refractivity (Wildman–Crippen MR) is 75.9 cm³/mol. The Kier molecular flexibility index (Phi) is 3.92. The summed E-state index contributed by atoms with van der Waals surface area (Å²) in [4.78, 5) is 22.0. The molecule has 2 heterocycles. The number of nitrogens with two attached hydrogens (primary N) is 1. The second kappa shape index (κ2) is 5.28. The maximum atomic E-state index is 11.8. The summed E-state index contributed by atoms with van der Waals surface area (Å²) in [7, 11) is 1.80. The van der Waals surface area contributed by atoms with Crippen LogP contribution in [-0.2, 0) is 4.74 Å². The number of ether oxygens (including phenoxy) is 1. The van der Waals surface area contributed by atoms with Gasteiger partial charge in [0.05, 0.1) is 13.2 Å². The van der Waals surface area contributed by atoms with E-state index < -0.39 is 0 Å². The van der Waals surface area contributed by atoms with Gasteiger partial charge in [0.25, 0.3) is 5.56 Å². The molecule has 1 aromatic heterocycles. The van der Waals surface area contributed by atoms with Crippen LogP contribution in [0.2, 0.25) is 0 Å². The second-order valence-electron chi connectivity index (χ2n) is 3.78. The molecular weight excluding hydrogens is 353 g/mol. The first kappa shape index (κ1) is 13.4. The van der Waals surface area contributed by atoms with Crippen molar-refractivity contribution in [1.82, 2.24) is 9.97 Å². The van der Waals surface area contributed by atoms with Gasteiger partial charge in [-0.2, -0.15) is 4.98 Å². The molecule has 0 bridgehead atoms. The van der Waals surface area contributed by atoms with Crippen LogP contribution in [0.25, 0.3) is 0 Å². The molecule has 0 saturated carbocycles. The van der Waals surface area contributed by atoms with Crippen molar-refractivity contribution in [1.29, 1.82) is 0 Å². The lowest BCUT2D eigenvalue weighted by Crippen LogP contribution is -2.38. The van der Waals surface area contributed by atoms with Gasteiger partial charge in [0.1, 0.15) is 12.4 Å². The van der Waals surface area contributed by atoms with Crippen LogP contribution in [0.4, 0.5) is 17.5 Å². The summed E-state index contributed by atoms with van der Waals surface area (Å²) >= 11 is 2.17. The Morgan fingerprint density at radius 3 is 3.06 bits per heavy atom. The molecule has 1 unspecified atom stereocenters. The maximum Gasteiger partial charge on any atom is 0.278 e. The van der Waals surface area contributed by atoms with Crippen molar-refractivity contribution in [2.24, 2.45) is 0 Å². The fraction of sp³-hybridized carbons (Fsp3) is 0.556. The van der Waals surface area contributed by atoms with Gasteiger partial charge in [-0.3, -0.25) is 9.78 Å². The van der Waals surface area contributed by atoms with E-state index in [2.05, 4.69) is 32.6 Å². The van der Waals surface area contributed by atoms with Crippen molar-refractivity contribution in [2.45, 2.75) is 4.17 Å². The van der Waals surface area contributed by atoms with Crippen molar-refractivity contribution in [3.8, 4) is 0 Å². The molecule has 4 N–H and O–H groups in total. The number of halogens is 1. The van der Waals surface area contributed by atoms with Crippen molar-refractivity contribution in [3.05, 3.63) is 10.4 Å². The van der Waals surface area contributed by atoms with Gasteiger partial charge in [-0.25, -0.2) is 0 Å². The topological polar surface area (TPSA) is 108 Å². The number of fused-ring (bicyclic) bond motifs is 1. The molecule has 100 valence electrons. The third-order valence-electron chi connectivity index (χ3n) is 2.56. The highest BCUT2D eigenvalue weighted by Crippen LogP contribution is 2.36. The Balaban J connectivity index is 2.32. The number of rotatable bonds is 4. The largest absolute Gasteiger partial charge is 0.394 e. The first-order valence-corrected chi connectivity index (χ1v) is 6.52. The molecule has 1 aliphatic heterocycles. The van der Waals surface area contributed by atoms with E-state index in [1.807, 2.05) is 0 Å². The minimum Gasteiger partial charge on any atom is -0.394 e. The lowest BCUT2D eigenvalue weighted by Gasteiger charge is -2.24. The Bertz CT molecular complexity index is 494. The van der Waals surface area contributed by atoms with E-state index in [1.165, 1.54) is 0 Å². The van der Waals surface area contributed by atoms with Crippen molar-refractivity contribution < 1.29 is 9.84 Å². The molecule has 1 aromatic rings. The summed E-state index contributed by atoms with van der Waals surface area (Å²) in [5, 5.41) is 8.70. The molecule has 9 heteroatoms. The highest BCUT2D eigenvalue weighted by atomic mass is 127. The van der Waals surface area contributed by atoms with Gasteiger partial charge in [0, 0.05) is 7.05 Å². The van der Waals surface area contributed by atoms with Crippen molar-refractivity contribution in [3.63, 3.8) is 0 Å². The van der Waals surface area contributed by atoms with E-state index in [4.69, 9.17) is 15.6 Å². The number of alkyl halides is 1. The first-order chi connectivity index (χ1) is 8.56. The number of nitrogens with one attached hydrogen (secondary N) is 1. The second-order valence-corrected chi connectivity index (χ2v) is 4.89. The fourth-order valence-electron chi connectivity index (χ4n) is 1.76. The molecule has 0 amide bonds. The third-order valence-corrected chi connectivity index (χ3v) is 4.07. The van der Waals surface area contributed by atoms with Crippen LogP contribution in [0.5, 0.6) is 0 Å². The predicted octanol–water partition coefficient (Wildman–Crippen LogP) is -0.707. The Labute approximate surface area is 117 Å². The van der Waals surface area contributed by atoms with Crippen LogP contribution in [0, 0.1) is 0 Å². The molecule has 0 spiro atoms. The van der Waals surface area contributed by atoms with Crippen LogP contribution in [-0.4, -0.2) is 46.2 Å². The normalized spacial score (nSPS) is 18.3. The molecule has 0 aliphatic carbocycles. The number of nitrogen functional groups attached to an aromatic ring is 1. The summed E-state index contributed by atoms with van der Waals surface area (Å²) in [5.74, 6) is 0.570. The smallest absolute Gasteiger partial charge is 0.278 e. The maximum absolute atomic E-state index is 11.8. The summed E-state index contributed by atoms with van der Waals surface area (Å²) in [6.45, 7) is 0.423. The van der Waals surface area contributed by atoms with Gasteiger partial charge >= 0.3 is 0 Å². The van der Waals surface area contributed by atoms with Gasteiger partial charge in [-0.1, -0.05) is 0 Å². The molecule has 0 radical (unpaired) electrons. The monoisotopic (exact) mass is 367 g/mol. The van der Waals surface area contributed by atoms with Crippen molar-refractivity contribution >= 4 is 40.0 Å². The molecule has 0 fully saturated rings. The lowest BCUT2D eigenvalue weighted by atomic mass is 10.4. The molecule has 1 aliphatic rings. The summed E-state index contributed by atoms with van der Waals surface area (Å²) in [5.41, 5.74) is 5.74. The zero-order valence-electron chi connectivity index (χ0n) is 9.76. The number of H-pyrrole nitrogens is 1. The molecule has 0 saturated heterocycles. The molecule has 1 atom stereocenters. The Morgan fingerprint density at radius 1 is 1.67 bits per heavy atom. The third kappa shape index (κ3) is 2.24. The standard InChI is InChI=1S/C9H14IN5O3/c1-14-5-6(12-9(11)13-7(5)17)15(8(14)10)4-18-3-2-16/h8,16H,2-4H2,1H3,(H3,11,12,13,17). The van der Waals surface area contributed by atoms with Gasteiger partial charge in [0.2, 0.25) is 5.95 Å². The zero-order valence-corrected chi connectivity index (χ0v) is 11.9. The van der Waals surface area contributed by atoms with Gasteiger partial charge in [0.15, 0.2) is 9.99 Å². The van der Waals surface area contributed by atoms with E-state index in [9.17, 15) is 4.79 Å². The number of aromatic amines is 1. The molecule has 18 heavy (non-hydrogen) atoms. The number of aliphatic hydroxyl groups is 1. The quantitative estimate of drug-likeness (QED) is 0.279. The number of aliphatic hydroxyl groups excluding tert-OH is 1. The molecule has 2 rings (SSSR count). The van der Waals surface area contributed by atoms with Crippen LogP contribution >= 0.6 is 22.6 Å². The van der Waals surface area contributed by atoms with Crippen molar-refractivity contribution in [2.75, 3.05) is 42.5 Å². The number of anilines is 3.